The molecule has 0 aliphatic carbocycles. The Balaban J connectivity index is 4.83. The Kier molecular flexibility index (Phi) is 3.78. The summed E-state index contributed by atoms with van der Waals surface area (Å²) in [5.74, 6) is -7.61. The number of carbonyl (C=O) groups excluding carboxylic acids is 1. The van der Waals surface area contributed by atoms with Gasteiger partial charge in [0.25, 0.3) is 0 Å². The summed E-state index contributed by atoms with van der Waals surface area (Å²) in [7, 11) is 0. The van der Waals surface area contributed by atoms with Gasteiger partial charge in [0.15, 0.2) is 0 Å². The summed E-state index contributed by atoms with van der Waals surface area (Å²) >= 11 is 0. The minimum Gasteiger partial charge on any atom is -0.393 e. The molecule has 0 saturated heterocycles. The van der Waals surface area contributed by atoms with Crippen LogP contribution in [0.25, 0.3) is 0 Å². The van der Waals surface area contributed by atoms with Crippen LogP contribution < -0.4 is 0 Å². The molecule has 0 unspecified atom stereocenters. The molecule has 88 valence electrons. The van der Waals surface area contributed by atoms with E-state index in [0.717, 1.165) is 6.92 Å². The van der Waals surface area contributed by atoms with Gasteiger partial charge in [0.2, 0.25) is 0 Å². The van der Waals surface area contributed by atoms with Gasteiger partial charge < -0.3 is 4.74 Å². The molecule has 0 heterocycles. The van der Waals surface area contributed by atoms with Gasteiger partial charge in [0.1, 0.15) is 0 Å². The molecule has 0 aliphatic rings. The predicted octanol–water partition coefficient (Wildman–Crippen LogP) is 2.60. The topological polar surface area (TPSA) is 26.3 Å². The van der Waals surface area contributed by atoms with Crippen molar-refractivity contribution in [3.8, 4) is 0 Å². The fraction of sp³-hybridized carbons (Fsp3) is 0.571. The Labute approximate surface area is 80.5 Å². The molecular formula is C7H6F6O2. The van der Waals surface area contributed by atoms with Crippen LogP contribution in [0.1, 0.15) is 6.92 Å². The lowest BCUT2D eigenvalue weighted by Gasteiger charge is -2.24. The largest absolute Gasteiger partial charge is 0.472 e. The van der Waals surface area contributed by atoms with Crippen molar-refractivity contribution in [1.29, 1.82) is 0 Å². The van der Waals surface area contributed by atoms with Gasteiger partial charge in [-0.2, -0.15) is 17.6 Å². The van der Waals surface area contributed by atoms with E-state index in [9.17, 15) is 31.1 Å². The van der Waals surface area contributed by atoms with E-state index in [2.05, 4.69) is 11.3 Å². The second-order valence-corrected chi connectivity index (χ2v) is 2.61. The first-order valence-electron chi connectivity index (χ1n) is 3.45. The molecule has 0 aliphatic heterocycles. The number of esters is 1. The average Bonchev–Trinajstić information content (AvgIpc) is 2.02. The smallest absolute Gasteiger partial charge is 0.393 e. The molecule has 0 amide bonds. The number of ether oxygens (including phenoxy) is 1. The molecule has 8 heteroatoms. The van der Waals surface area contributed by atoms with Crippen molar-refractivity contribution in [1.82, 2.24) is 0 Å². The SMILES string of the molecule is C=C(C)C(=O)OC(F)(F)C(F)(F)C(F)F. The highest BCUT2D eigenvalue weighted by atomic mass is 19.3. The first-order chi connectivity index (χ1) is 6.52. The van der Waals surface area contributed by atoms with E-state index in [1.165, 1.54) is 0 Å². The quantitative estimate of drug-likeness (QED) is 0.426. The maximum absolute atomic E-state index is 12.3. The third-order valence-corrected chi connectivity index (χ3v) is 1.23. The van der Waals surface area contributed by atoms with E-state index < -0.39 is 30.0 Å². The Hall–Kier alpha value is -1.21. The lowest BCUT2D eigenvalue weighted by atomic mass is 10.3. The van der Waals surface area contributed by atoms with Crippen LogP contribution in [0.5, 0.6) is 0 Å². The third-order valence-electron chi connectivity index (χ3n) is 1.23. The first-order valence-corrected chi connectivity index (χ1v) is 3.45. The molecule has 0 aromatic rings. The lowest BCUT2D eigenvalue weighted by Crippen LogP contribution is -2.49. The molecule has 0 aromatic carbocycles. The van der Waals surface area contributed by atoms with E-state index in [0.29, 0.717) is 0 Å². The Morgan fingerprint density at radius 1 is 1.27 bits per heavy atom. The summed E-state index contributed by atoms with van der Waals surface area (Å²) in [5.41, 5.74) is -0.611. The van der Waals surface area contributed by atoms with E-state index in [4.69, 9.17) is 0 Å². The molecule has 0 saturated carbocycles. The standard InChI is InChI=1S/C7H6F6O2/c1-3(2)4(14)15-7(12,13)6(10,11)5(8)9/h5H,1H2,2H3. The van der Waals surface area contributed by atoms with Gasteiger partial charge in [0, 0.05) is 5.57 Å². The zero-order chi connectivity index (χ0) is 12.4. The minimum atomic E-state index is -5.74. The minimum absolute atomic E-state index is 0.611. The van der Waals surface area contributed by atoms with Crippen LogP contribution in [0.15, 0.2) is 12.2 Å². The van der Waals surface area contributed by atoms with Crippen molar-refractivity contribution in [3.05, 3.63) is 12.2 Å². The van der Waals surface area contributed by atoms with E-state index in [-0.39, 0.29) is 0 Å². The Bertz CT molecular complexity index is 273. The molecule has 0 rings (SSSR count). The number of hydrogen-bond donors (Lipinski definition) is 0. The highest BCUT2D eigenvalue weighted by Crippen LogP contribution is 2.40. The summed E-state index contributed by atoms with van der Waals surface area (Å²) in [6, 6.07) is 0. The van der Waals surface area contributed by atoms with Crippen LogP contribution in [-0.2, 0) is 9.53 Å². The van der Waals surface area contributed by atoms with Crippen LogP contribution in [0.4, 0.5) is 26.3 Å². The molecule has 0 radical (unpaired) electrons. The number of rotatable bonds is 4. The number of hydrogen-bond acceptors (Lipinski definition) is 2. The molecule has 0 spiro atoms. The molecule has 0 N–H and O–H groups in total. The number of carbonyl (C=O) groups is 1. The van der Waals surface area contributed by atoms with Crippen molar-refractivity contribution in [2.24, 2.45) is 0 Å². The normalized spacial score (nSPS) is 12.8. The van der Waals surface area contributed by atoms with E-state index in [1.807, 2.05) is 0 Å². The van der Waals surface area contributed by atoms with Crippen molar-refractivity contribution < 1.29 is 35.9 Å². The van der Waals surface area contributed by atoms with Crippen molar-refractivity contribution >= 4 is 5.97 Å². The maximum Gasteiger partial charge on any atom is 0.472 e. The van der Waals surface area contributed by atoms with Gasteiger partial charge in [-0.15, -0.1) is 0 Å². The average molecular weight is 236 g/mol. The first kappa shape index (κ1) is 13.8. The fourth-order valence-corrected chi connectivity index (χ4v) is 0.399. The monoisotopic (exact) mass is 236 g/mol. The zero-order valence-corrected chi connectivity index (χ0v) is 7.37. The Morgan fingerprint density at radius 2 is 1.67 bits per heavy atom. The number of halogens is 6. The molecule has 0 aromatic heterocycles. The molecule has 15 heavy (non-hydrogen) atoms. The summed E-state index contributed by atoms with van der Waals surface area (Å²) in [6.45, 7) is 3.73. The molecule has 0 bridgehead atoms. The summed E-state index contributed by atoms with van der Waals surface area (Å²) in [4.78, 5) is 10.4. The molecule has 0 atom stereocenters. The summed E-state index contributed by atoms with van der Waals surface area (Å²) in [5, 5.41) is 0. The second-order valence-electron chi connectivity index (χ2n) is 2.61. The zero-order valence-electron chi connectivity index (χ0n) is 7.37. The van der Waals surface area contributed by atoms with Crippen molar-refractivity contribution in [2.45, 2.75) is 25.4 Å². The van der Waals surface area contributed by atoms with Crippen LogP contribution >= 0.6 is 0 Å². The fourth-order valence-electron chi connectivity index (χ4n) is 0.399. The van der Waals surface area contributed by atoms with E-state index in [1.54, 1.807) is 0 Å². The van der Waals surface area contributed by atoms with Gasteiger partial charge in [-0.05, 0) is 6.92 Å². The van der Waals surface area contributed by atoms with Crippen molar-refractivity contribution in [2.75, 3.05) is 0 Å². The molecule has 2 nitrogen and oxygen atoms in total. The van der Waals surface area contributed by atoms with Crippen LogP contribution in [0.3, 0.4) is 0 Å². The predicted molar refractivity (Wildman–Crippen MR) is 36.8 cm³/mol. The van der Waals surface area contributed by atoms with Gasteiger partial charge in [-0.25, -0.2) is 13.6 Å². The van der Waals surface area contributed by atoms with E-state index >= 15 is 0 Å². The van der Waals surface area contributed by atoms with Crippen LogP contribution in [0, 0.1) is 0 Å². The molecule has 0 fully saturated rings. The highest BCUT2D eigenvalue weighted by molar-refractivity contribution is 5.87. The summed E-state index contributed by atoms with van der Waals surface area (Å²) < 4.78 is 74.9. The number of alkyl halides is 6. The molecular weight excluding hydrogens is 230 g/mol. The lowest BCUT2D eigenvalue weighted by molar-refractivity contribution is -0.357. The van der Waals surface area contributed by atoms with Crippen LogP contribution in [0.2, 0.25) is 0 Å². The van der Waals surface area contributed by atoms with Gasteiger partial charge in [-0.3, -0.25) is 0 Å². The maximum atomic E-state index is 12.3. The van der Waals surface area contributed by atoms with Crippen LogP contribution in [-0.4, -0.2) is 24.4 Å². The highest BCUT2D eigenvalue weighted by Gasteiger charge is 2.66. The Morgan fingerprint density at radius 3 is 1.93 bits per heavy atom. The van der Waals surface area contributed by atoms with Crippen molar-refractivity contribution in [3.63, 3.8) is 0 Å². The third kappa shape index (κ3) is 2.87. The van der Waals surface area contributed by atoms with Gasteiger partial charge >= 0.3 is 24.4 Å². The second kappa shape index (κ2) is 4.11. The van der Waals surface area contributed by atoms with Gasteiger partial charge in [-0.1, -0.05) is 6.58 Å². The summed E-state index contributed by atoms with van der Waals surface area (Å²) in [6.07, 6.45) is -10.2. The van der Waals surface area contributed by atoms with Gasteiger partial charge in [0.05, 0.1) is 0 Å².